The summed E-state index contributed by atoms with van der Waals surface area (Å²) in [6, 6.07) is 9.02. The second kappa shape index (κ2) is 9.84. The molecule has 2 heterocycles. The smallest absolute Gasteiger partial charge is 0.329 e. The summed E-state index contributed by atoms with van der Waals surface area (Å²) in [5.74, 6) is 0.171. The van der Waals surface area contributed by atoms with E-state index in [1.165, 1.54) is 16.2 Å². The van der Waals surface area contributed by atoms with Crippen LogP contribution in [0.2, 0.25) is 0 Å². The molecule has 0 aliphatic carbocycles. The molecule has 0 saturated carbocycles. The number of aliphatic hydroxyl groups excluding tert-OH is 1. The van der Waals surface area contributed by atoms with Crippen LogP contribution in [0.25, 0.3) is 11.2 Å². The van der Waals surface area contributed by atoms with Crippen molar-refractivity contribution in [2.45, 2.75) is 36.9 Å². The molecule has 0 radical (unpaired) electrons. The first-order chi connectivity index (χ1) is 14.8. The van der Waals surface area contributed by atoms with Gasteiger partial charge < -0.3 is 19.1 Å². The van der Waals surface area contributed by atoms with Gasteiger partial charge in [0.05, 0.1) is 13.2 Å². The molecular weight excluding hydrogens is 424 g/mol. The summed E-state index contributed by atoms with van der Waals surface area (Å²) in [5, 5.41) is 10.3. The number of hydrogen-bond donors (Lipinski definition) is 2. The Kier molecular flexibility index (Phi) is 7.18. The summed E-state index contributed by atoms with van der Waals surface area (Å²) in [4.78, 5) is 43.2. The van der Waals surface area contributed by atoms with Crippen molar-refractivity contribution in [3.8, 4) is 5.75 Å². The Bertz CT molecular complexity index is 1170. The molecule has 1 aromatic carbocycles. The van der Waals surface area contributed by atoms with Gasteiger partial charge in [0.1, 0.15) is 23.7 Å². The minimum Gasteiger partial charge on any atom is -0.491 e. The number of aryl methyl sites for hydroxylation is 1. The third kappa shape index (κ3) is 5.17. The molecule has 2 N–H and O–H groups in total. The monoisotopic (exact) mass is 448 g/mol. The molecule has 0 fully saturated rings. The van der Waals surface area contributed by atoms with Crippen LogP contribution in [0.3, 0.4) is 0 Å². The molecule has 0 unspecified atom stereocenters. The Morgan fingerprint density at radius 1 is 1.29 bits per heavy atom. The molecule has 31 heavy (non-hydrogen) atoms. The van der Waals surface area contributed by atoms with E-state index in [0.717, 1.165) is 11.8 Å². The molecule has 11 heteroatoms. The van der Waals surface area contributed by atoms with E-state index in [1.807, 2.05) is 18.2 Å². The van der Waals surface area contributed by atoms with E-state index in [2.05, 4.69) is 9.97 Å². The van der Waals surface area contributed by atoms with Crippen molar-refractivity contribution >= 4 is 28.9 Å². The predicted molar refractivity (Wildman–Crippen MR) is 115 cm³/mol. The van der Waals surface area contributed by atoms with Gasteiger partial charge in [-0.15, -0.1) is 0 Å². The maximum atomic E-state index is 12.5. The zero-order chi connectivity index (χ0) is 22.5. The van der Waals surface area contributed by atoms with Gasteiger partial charge in [-0.3, -0.25) is 19.1 Å². The molecule has 2 atom stereocenters. The number of para-hydroxylation sites is 1. The number of H-pyrrole nitrogens is 1. The van der Waals surface area contributed by atoms with Crippen molar-refractivity contribution in [1.29, 1.82) is 0 Å². The Morgan fingerprint density at radius 2 is 2.00 bits per heavy atom. The molecule has 0 aliphatic heterocycles. The predicted octanol–water partition coefficient (Wildman–Crippen LogP) is 0.907. The van der Waals surface area contributed by atoms with Crippen molar-refractivity contribution in [3.05, 3.63) is 51.2 Å². The second-order valence-corrected chi connectivity index (χ2v) is 8.09. The van der Waals surface area contributed by atoms with Gasteiger partial charge in [0, 0.05) is 7.05 Å². The van der Waals surface area contributed by atoms with E-state index >= 15 is 0 Å². The minimum absolute atomic E-state index is 0.0229. The standard InChI is InChI=1S/C20H24N4O6S/c1-4-29-18(27)12(2)31-20-21-16-15(17(26)22-19(28)23(16)3)24(20)10-13(25)11-30-14-8-6-5-7-9-14/h5-9,12-13,25H,4,10-11H2,1-3H3,(H,22,26,28)/t12-,13-/m0/s1. The minimum atomic E-state index is -0.980. The second-order valence-electron chi connectivity index (χ2n) is 6.79. The van der Waals surface area contributed by atoms with E-state index in [9.17, 15) is 19.5 Å². The largest absolute Gasteiger partial charge is 0.491 e. The van der Waals surface area contributed by atoms with Gasteiger partial charge in [0.25, 0.3) is 5.56 Å². The molecule has 0 spiro atoms. The lowest BCUT2D eigenvalue weighted by atomic mass is 10.3. The third-order valence-corrected chi connectivity index (χ3v) is 5.52. The Balaban J connectivity index is 1.93. The highest BCUT2D eigenvalue weighted by Gasteiger charge is 2.24. The van der Waals surface area contributed by atoms with Gasteiger partial charge in [-0.1, -0.05) is 30.0 Å². The average Bonchev–Trinajstić information content (AvgIpc) is 3.10. The number of imidazole rings is 1. The van der Waals surface area contributed by atoms with Crippen molar-refractivity contribution in [2.75, 3.05) is 13.2 Å². The molecule has 3 rings (SSSR count). The summed E-state index contributed by atoms with van der Waals surface area (Å²) >= 11 is 1.08. The van der Waals surface area contributed by atoms with Crippen LogP contribution in [0.15, 0.2) is 45.1 Å². The third-order valence-electron chi connectivity index (χ3n) is 4.45. The van der Waals surface area contributed by atoms with E-state index < -0.39 is 28.6 Å². The van der Waals surface area contributed by atoms with Gasteiger partial charge in [0.15, 0.2) is 16.3 Å². The number of esters is 1. The van der Waals surface area contributed by atoms with E-state index in [1.54, 1.807) is 26.0 Å². The van der Waals surface area contributed by atoms with Crippen molar-refractivity contribution in [1.82, 2.24) is 19.1 Å². The van der Waals surface area contributed by atoms with E-state index in [-0.39, 0.29) is 30.9 Å². The molecule has 0 saturated heterocycles. The van der Waals surface area contributed by atoms with Crippen LogP contribution in [0.4, 0.5) is 0 Å². The maximum absolute atomic E-state index is 12.5. The zero-order valence-electron chi connectivity index (χ0n) is 17.4. The lowest BCUT2D eigenvalue weighted by Gasteiger charge is -2.16. The fraction of sp³-hybridized carbons (Fsp3) is 0.400. The van der Waals surface area contributed by atoms with Crippen LogP contribution in [0, 0.1) is 0 Å². The molecule has 10 nitrogen and oxygen atoms in total. The quantitative estimate of drug-likeness (QED) is 0.365. The number of aliphatic hydroxyl groups is 1. The number of thioether (sulfide) groups is 1. The summed E-state index contributed by atoms with van der Waals surface area (Å²) in [7, 11) is 1.48. The fourth-order valence-corrected chi connectivity index (χ4v) is 3.83. The van der Waals surface area contributed by atoms with Crippen LogP contribution in [0.5, 0.6) is 5.75 Å². The van der Waals surface area contributed by atoms with Gasteiger partial charge in [0.2, 0.25) is 0 Å². The normalized spacial score (nSPS) is 13.2. The van der Waals surface area contributed by atoms with E-state index in [0.29, 0.717) is 10.9 Å². The van der Waals surface area contributed by atoms with Crippen LogP contribution < -0.4 is 16.0 Å². The van der Waals surface area contributed by atoms with Crippen LogP contribution in [-0.2, 0) is 23.1 Å². The number of ether oxygens (including phenoxy) is 2. The topological polar surface area (TPSA) is 128 Å². The van der Waals surface area contributed by atoms with Gasteiger partial charge in [-0.25, -0.2) is 9.78 Å². The van der Waals surface area contributed by atoms with Crippen LogP contribution in [0.1, 0.15) is 13.8 Å². The lowest BCUT2D eigenvalue weighted by Crippen LogP contribution is -2.30. The zero-order valence-corrected chi connectivity index (χ0v) is 18.2. The number of nitrogens with one attached hydrogen (secondary N) is 1. The van der Waals surface area contributed by atoms with Crippen molar-refractivity contribution in [2.24, 2.45) is 7.05 Å². The first-order valence-electron chi connectivity index (χ1n) is 9.70. The number of nitrogens with zero attached hydrogens (tertiary/aromatic N) is 3. The Labute approximate surface area is 181 Å². The van der Waals surface area contributed by atoms with Gasteiger partial charge in [-0.05, 0) is 26.0 Å². The highest BCUT2D eigenvalue weighted by atomic mass is 32.2. The molecule has 3 aromatic rings. The molecular formula is C20H24N4O6S. The molecule has 0 bridgehead atoms. The Hall–Kier alpha value is -3.05. The maximum Gasteiger partial charge on any atom is 0.329 e. The highest BCUT2D eigenvalue weighted by Crippen LogP contribution is 2.26. The van der Waals surface area contributed by atoms with Crippen molar-refractivity contribution in [3.63, 3.8) is 0 Å². The first-order valence-corrected chi connectivity index (χ1v) is 10.6. The SMILES string of the molecule is CCOC(=O)[C@H](C)Sc1nc2c(c(=O)[nH]c(=O)n2C)n1C[C@H](O)COc1ccccc1. The van der Waals surface area contributed by atoms with Gasteiger partial charge in [-0.2, -0.15) is 0 Å². The summed E-state index contributed by atoms with van der Waals surface area (Å²) in [5.41, 5.74) is -0.953. The molecule has 2 aromatic heterocycles. The fourth-order valence-electron chi connectivity index (χ4n) is 2.91. The number of hydrogen-bond acceptors (Lipinski definition) is 8. The number of aromatic amines is 1. The number of rotatable bonds is 9. The van der Waals surface area contributed by atoms with Crippen LogP contribution >= 0.6 is 11.8 Å². The van der Waals surface area contributed by atoms with Crippen molar-refractivity contribution < 1.29 is 19.4 Å². The number of carbonyl (C=O) groups is 1. The van der Waals surface area contributed by atoms with Crippen LogP contribution in [-0.4, -0.2) is 54.7 Å². The average molecular weight is 449 g/mol. The number of fused-ring (bicyclic) bond motifs is 1. The summed E-state index contributed by atoms with van der Waals surface area (Å²) < 4.78 is 13.3. The van der Waals surface area contributed by atoms with E-state index in [4.69, 9.17) is 9.47 Å². The lowest BCUT2D eigenvalue weighted by molar-refractivity contribution is -0.142. The molecule has 0 aliphatic rings. The van der Waals surface area contributed by atoms with Gasteiger partial charge >= 0.3 is 11.7 Å². The Morgan fingerprint density at radius 3 is 2.68 bits per heavy atom. The molecule has 0 amide bonds. The molecule has 166 valence electrons. The number of aromatic nitrogens is 4. The summed E-state index contributed by atoms with van der Waals surface area (Å²) in [6.45, 7) is 3.56. The highest BCUT2D eigenvalue weighted by molar-refractivity contribution is 8.00. The number of carbonyl (C=O) groups excluding carboxylic acids is 1. The number of benzene rings is 1. The first kappa shape index (κ1) is 22.6. The summed E-state index contributed by atoms with van der Waals surface area (Å²) in [6.07, 6.45) is -0.980.